The minimum Gasteiger partial charge on any atom is -0.491 e. The second-order valence-corrected chi connectivity index (χ2v) is 2.63. The first-order valence-corrected chi connectivity index (χ1v) is 4.52. The number of nitrogens with one attached hydrogen (secondary N) is 2. The number of hydrogen-bond donors (Lipinski definition) is 2. The van der Waals surface area contributed by atoms with Gasteiger partial charge < -0.3 is 15.5 Å². The molecule has 0 fully saturated rings. The number of hydrogen-bond acceptors (Lipinski definition) is 3. The van der Waals surface area contributed by atoms with Gasteiger partial charge in [0.15, 0.2) is 5.76 Å². The lowest BCUT2D eigenvalue weighted by atomic mass is 10.3. The maximum Gasteiger partial charge on any atom is 0.152 e. The van der Waals surface area contributed by atoms with Crippen LogP contribution < -0.4 is 5.32 Å². The maximum absolute atomic E-state index is 7.07. The molecule has 3 nitrogen and oxygen atoms in total. The quantitative estimate of drug-likeness (QED) is 0.553. The molecule has 0 radical (unpaired) electrons. The number of benzene rings is 1. The second kappa shape index (κ2) is 5.80. The van der Waals surface area contributed by atoms with Crippen LogP contribution in [0.3, 0.4) is 0 Å². The first kappa shape index (κ1) is 10.3. The monoisotopic (exact) mass is 190 g/mol. The van der Waals surface area contributed by atoms with Crippen LogP contribution in [0.5, 0.6) is 0 Å². The molecule has 0 aliphatic rings. The SMILES string of the molecule is CCO/C(C=N)=C/Nc1ccccc1. The van der Waals surface area contributed by atoms with Crippen LogP contribution in [-0.2, 0) is 4.74 Å². The molecule has 1 aromatic rings. The topological polar surface area (TPSA) is 45.1 Å². The van der Waals surface area contributed by atoms with E-state index in [2.05, 4.69) is 5.32 Å². The average molecular weight is 190 g/mol. The maximum atomic E-state index is 7.07. The fourth-order valence-electron chi connectivity index (χ4n) is 0.981. The van der Waals surface area contributed by atoms with Gasteiger partial charge >= 0.3 is 0 Å². The Bertz CT molecular complexity index is 306. The molecule has 0 atom stereocenters. The molecule has 0 aromatic heterocycles. The molecule has 0 saturated carbocycles. The van der Waals surface area contributed by atoms with Gasteiger partial charge in [0, 0.05) is 11.9 Å². The summed E-state index contributed by atoms with van der Waals surface area (Å²) in [5.41, 5.74) is 0.978. The van der Waals surface area contributed by atoms with Crippen molar-refractivity contribution >= 4 is 11.9 Å². The standard InChI is InChI=1S/C11H14N2O/c1-2-14-11(8-12)9-13-10-6-4-3-5-7-10/h3-9,12-13H,2H2,1H3/b11-9+,12-8?. The van der Waals surface area contributed by atoms with E-state index in [-0.39, 0.29) is 0 Å². The van der Waals surface area contributed by atoms with Crippen LogP contribution in [0.1, 0.15) is 6.92 Å². The third-order valence-corrected chi connectivity index (χ3v) is 1.61. The van der Waals surface area contributed by atoms with Crippen molar-refractivity contribution in [3.63, 3.8) is 0 Å². The van der Waals surface area contributed by atoms with Crippen molar-refractivity contribution in [2.75, 3.05) is 11.9 Å². The van der Waals surface area contributed by atoms with E-state index in [0.29, 0.717) is 12.4 Å². The van der Waals surface area contributed by atoms with Crippen LogP contribution in [0.25, 0.3) is 0 Å². The van der Waals surface area contributed by atoms with Crippen LogP contribution in [0, 0.1) is 5.41 Å². The van der Waals surface area contributed by atoms with E-state index in [1.54, 1.807) is 6.20 Å². The van der Waals surface area contributed by atoms with Crippen LogP contribution in [0.15, 0.2) is 42.3 Å². The summed E-state index contributed by atoms with van der Waals surface area (Å²) in [6.45, 7) is 2.46. The van der Waals surface area contributed by atoms with E-state index in [4.69, 9.17) is 10.1 Å². The molecule has 0 bridgehead atoms. The summed E-state index contributed by atoms with van der Waals surface area (Å²) in [6, 6.07) is 9.74. The molecule has 0 unspecified atom stereocenters. The van der Waals surface area contributed by atoms with Crippen molar-refractivity contribution in [2.24, 2.45) is 0 Å². The zero-order valence-electron chi connectivity index (χ0n) is 8.16. The lowest BCUT2D eigenvalue weighted by molar-refractivity contribution is 0.251. The Balaban J connectivity index is 2.56. The summed E-state index contributed by atoms with van der Waals surface area (Å²) in [7, 11) is 0. The van der Waals surface area contributed by atoms with Gasteiger partial charge in [-0.05, 0) is 19.1 Å². The Morgan fingerprint density at radius 3 is 2.71 bits per heavy atom. The molecule has 74 valence electrons. The zero-order valence-corrected chi connectivity index (χ0v) is 8.16. The van der Waals surface area contributed by atoms with Crippen molar-refractivity contribution in [3.05, 3.63) is 42.3 Å². The molecule has 3 heteroatoms. The van der Waals surface area contributed by atoms with Gasteiger partial charge in [-0.2, -0.15) is 0 Å². The van der Waals surface area contributed by atoms with Crippen LogP contribution in [0.2, 0.25) is 0 Å². The highest BCUT2D eigenvalue weighted by Crippen LogP contribution is 2.05. The lowest BCUT2D eigenvalue weighted by Gasteiger charge is -2.04. The molecular formula is C11H14N2O. The number of rotatable bonds is 5. The fraction of sp³-hybridized carbons (Fsp3) is 0.182. The molecule has 14 heavy (non-hydrogen) atoms. The predicted octanol–water partition coefficient (Wildman–Crippen LogP) is 2.63. The van der Waals surface area contributed by atoms with E-state index >= 15 is 0 Å². The van der Waals surface area contributed by atoms with E-state index in [0.717, 1.165) is 5.69 Å². The summed E-state index contributed by atoms with van der Waals surface area (Å²) >= 11 is 0. The van der Waals surface area contributed by atoms with Crippen LogP contribution in [-0.4, -0.2) is 12.8 Å². The van der Waals surface area contributed by atoms with E-state index < -0.39 is 0 Å². The summed E-state index contributed by atoms with van der Waals surface area (Å²) in [4.78, 5) is 0. The molecule has 0 amide bonds. The molecule has 1 rings (SSSR count). The normalized spacial score (nSPS) is 10.8. The van der Waals surface area contributed by atoms with Crippen molar-refractivity contribution in [3.8, 4) is 0 Å². The lowest BCUT2D eigenvalue weighted by Crippen LogP contribution is -1.97. The largest absolute Gasteiger partial charge is 0.491 e. The van der Waals surface area contributed by atoms with Crippen LogP contribution >= 0.6 is 0 Å². The molecular weight excluding hydrogens is 176 g/mol. The first-order valence-electron chi connectivity index (χ1n) is 4.52. The predicted molar refractivity (Wildman–Crippen MR) is 58.6 cm³/mol. The minimum absolute atomic E-state index is 0.524. The van der Waals surface area contributed by atoms with Gasteiger partial charge in [0.2, 0.25) is 0 Å². The molecule has 0 aliphatic heterocycles. The Morgan fingerprint density at radius 1 is 1.43 bits per heavy atom. The van der Waals surface area contributed by atoms with Crippen molar-refractivity contribution < 1.29 is 4.74 Å². The molecule has 1 aromatic carbocycles. The third-order valence-electron chi connectivity index (χ3n) is 1.61. The Kier molecular flexibility index (Phi) is 4.27. The smallest absolute Gasteiger partial charge is 0.152 e. The van der Waals surface area contributed by atoms with Crippen LogP contribution in [0.4, 0.5) is 5.69 Å². The Hall–Kier alpha value is -1.77. The first-order chi connectivity index (χ1) is 6.86. The number of ether oxygens (including phenoxy) is 1. The van der Waals surface area contributed by atoms with E-state index in [1.807, 2.05) is 37.3 Å². The molecule has 0 heterocycles. The van der Waals surface area contributed by atoms with Gasteiger partial charge in [-0.25, -0.2) is 0 Å². The Labute approximate surface area is 83.9 Å². The van der Waals surface area contributed by atoms with Gasteiger partial charge in [0.1, 0.15) is 0 Å². The van der Waals surface area contributed by atoms with Gasteiger partial charge in [-0.15, -0.1) is 0 Å². The minimum atomic E-state index is 0.524. The Morgan fingerprint density at radius 2 is 2.14 bits per heavy atom. The van der Waals surface area contributed by atoms with Gasteiger partial charge in [0.25, 0.3) is 0 Å². The second-order valence-electron chi connectivity index (χ2n) is 2.63. The molecule has 2 N–H and O–H groups in total. The molecule has 0 saturated heterocycles. The van der Waals surface area contributed by atoms with E-state index in [1.165, 1.54) is 6.21 Å². The van der Waals surface area contributed by atoms with Crippen molar-refractivity contribution in [1.82, 2.24) is 0 Å². The highest BCUT2D eigenvalue weighted by molar-refractivity contribution is 5.73. The summed E-state index contributed by atoms with van der Waals surface area (Å²) in [6.07, 6.45) is 2.85. The van der Waals surface area contributed by atoms with Crippen molar-refractivity contribution in [1.29, 1.82) is 5.41 Å². The van der Waals surface area contributed by atoms with Gasteiger partial charge in [0.05, 0.1) is 12.8 Å². The average Bonchev–Trinajstić information content (AvgIpc) is 2.25. The van der Waals surface area contributed by atoms with Gasteiger partial charge in [-0.1, -0.05) is 18.2 Å². The fourth-order valence-corrected chi connectivity index (χ4v) is 0.981. The highest BCUT2D eigenvalue weighted by atomic mass is 16.5. The highest BCUT2D eigenvalue weighted by Gasteiger charge is 1.91. The van der Waals surface area contributed by atoms with E-state index in [9.17, 15) is 0 Å². The summed E-state index contributed by atoms with van der Waals surface area (Å²) < 4.78 is 5.17. The third kappa shape index (κ3) is 3.31. The van der Waals surface area contributed by atoms with Crippen molar-refractivity contribution in [2.45, 2.75) is 6.92 Å². The summed E-state index contributed by atoms with van der Waals surface area (Å²) in [5.74, 6) is 0.524. The molecule has 0 aliphatic carbocycles. The summed E-state index contributed by atoms with van der Waals surface area (Å²) in [5, 5.41) is 10.1. The number of para-hydroxylation sites is 1. The number of anilines is 1. The number of allylic oxidation sites excluding steroid dienone is 1. The van der Waals surface area contributed by atoms with Gasteiger partial charge in [-0.3, -0.25) is 0 Å². The molecule has 0 spiro atoms. The zero-order chi connectivity index (χ0) is 10.2.